The highest BCUT2D eigenvalue weighted by molar-refractivity contribution is 7.10. The molecule has 0 radical (unpaired) electrons. The van der Waals surface area contributed by atoms with Crippen molar-refractivity contribution in [2.75, 3.05) is 0 Å². The Labute approximate surface area is 116 Å². The lowest BCUT2D eigenvalue weighted by Gasteiger charge is -2.19. The molecule has 0 amide bonds. The number of hydrogen-bond acceptors (Lipinski definition) is 4. The van der Waals surface area contributed by atoms with Gasteiger partial charge in [-0.05, 0) is 30.9 Å². The number of rotatable bonds is 5. The van der Waals surface area contributed by atoms with Crippen molar-refractivity contribution in [1.82, 2.24) is 5.32 Å². The molecule has 19 heavy (non-hydrogen) atoms. The average molecular weight is 276 g/mol. The maximum Gasteiger partial charge on any atom is 0.269 e. The van der Waals surface area contributed by atoms with Crippen LogP contribution in [-0.2, 0) is 0 Å². The first-order valence-corrected chi connectivity index (χ1v) is 6.99. The molecule has 0 aliphatic rings. The summed E-state index contributed by atoms with van der Waals surface area (Å²) in [5, 5.41) is 16.3. The summed E-state index contributed by atoms with van der Waals surface area (Å²) in [6.07, 6.45) is 0. The Morgan fingerprint density at radius 2 is 2.00 bits per heavy atom. The lowest BCUT2D eigenvalue weighted by Crippen LogP contribution is -2.21. The molecule has 0 aliphatic heterocycles. The highest BCUT2D eigenvalue weighted by Crippen LogP contribution is 2.24. The SMILES string of the molecule is CC(N[C@H](C)c1cccs1)c1cccc([N+](=O)[O-])c1. The van der Waals surface area contributed by atoms with Crippen LogP contribution in [-0.4, -0.2) is 4.92 Å². The van der Waals surface area contributed by atoms with E-state index in [1.807, 2.05) is 24.4 Å². The van der Waals surface area contributed by atoms with Gasteiger partial charge in [-0.25, -0.2) is 0 Å². The van der Waals surface area contributed by atoms with Crippen LogP contribution in [0.4, 0.5) is 5.69 Å². The lowest BCUT2D eigenvalue weighted by molar-refractivity contribution is -0.384. The molecule has 0 spiro atoms. The van der Waals surface area contributed by atoms with Gasteiger partial charge in [0.1, 0.15) is 0 Å². The smallest absolute Gasteiger partial charge is 0.269 e. The summed E-state index contributed by atoms with van der Waals surface area (Å²) in [5.41, 5.74) is 1.06. The van der Waals surface area contributed by atoms with E-state index in [4.69, 9.17) is 0 Å². The van der Waals surface area contributed by atoms with Crippen molar-refractivity contribution in [2.24, 2.45) is 0 Å². The molecule has 1 heterocycles. The molecule has 1 aromatic carbocycles. The van der Waals surface area contributed by atoms with Gasteiger partial charge in [0.15, 0.2) is 0 Å². The lowest BCUT2D eigenvalue weighted by atomic mass is 10.1. The molecule has 0 saturated heterocycles. The summed E-state index contributed by atoms with van der Waals surface area (Å²) in [4.78, 5) is 11.7. The van der Waals surface area contributed by atoms with Gasteiger partial charge in [-0.2, -0.15) is 0 Å². The standard InChI is InChI=1S/C14H16N2O2S/c1-10(15-11(2)14-7-4-8-19-14)12-5-3-6-13(9-12)16(17)18/h3-11,15H,1-2H3/t10?,11-/m1/s1. The van der Waals surface area contributed by atoms with Crippen molar-refractivity contribution in [1.29, 1.82) is 0 Å². The topological polar surface area (TPSA) is 55.2 Å². The molecule has 0 saturated carbocycles. The van der Waals surface area contributed by atoms with E-state index in [-0.39, 0.29) is 22.7 Å². The second-order valence-corrected chi connectivity index (χ2v) is 5.46. The summed E-state index contributed by atoms with van der Waals surface area (Å²) in [7, 11) is 0. The fraction of sp³-hybridized carbons (Fsp3) is 0.286. The summed E-state index contributed by atoms with van der Waals surface area (Å²) in [5.74, 6) is 0. The van der Waals surface area contributed by atoms with Crippen molar-refractivity contribution >= 4 is 17.0 Å². The van der Waals surface area contributed by atoms with Crippen LogP contribution >= 0.6 is 11.3 Å². The predicted molar refractivity (Wildman–Crippen MR) is 77.4 cm³/mol. The monoisotopic (exact) mass is 276 g/mol. The zero-order valence-corrected chi connectivity index (χ0v) is 11.7. The molecule has 0 bridgehead atoms. The van der Waals surface area contributed by atoms with Crippen LogP contribution in [0.3, 0.4) is 0 Å². The minimum absolute atomic E-state index is 0.0667. The van der Waals surface area contributed by atoms with Crippen molar-refractivity contribution in [2.45, 2.75) is 25.9 Å². The minimum Gasteiger partial charge on any atom is -0.303 e. The quantitative estimate of drug-likeness (QED) is 0.661. The Morgan fingerprint density at radius 3 is 2.63 bits per heavy atom. The van der Waals surface area contributed by atoms with E-state index in [0.717, 1.165) is 5.56 Å². The Bertz CT molecular complexity index is 554. The van der Waals surface area contributed by atoms with E-state index in [1.54, 1.807) is 23.5 Å². The van der Waals surface area contributed by atoms with Gasteiger partial charge in [0, 0.05) is 29.1 Å². The van der Waals surface area contributed by atoms with E-state index in [0.29, 0.717) is 0 Å². The van der Waals surface area contributed by atoms with Crippen LogP contribution in [0.15, 0.2) is 41.8 Å². The first-order chi connectivity index (χ1) is 9.08. The molecule has 1 aromatic heterocycles. The predicted octanol–water partition coefficient (Wildman–Crippen LogP) is 4.07. The van der Waals surface area contributed by atoms with Crippen LogP contribution in [0.5, 0.6) is 0 Å². The van der Waals surface area contributed by atoms with Crippen LogP contribution < -0.4 is 5.32 Å². The number of nitro benzene ring substituents is 1. The van der Waals surface area contributed by atoms with Gasteiger partial charge in [0.2, 0.25) is 0 Å². The molecule has 1 N–H and O–H groups in total. The molecule has 2 aromatic rings. The summed E-state index contributed by atoms with van der Waals surface area (Å²) < 4.78 is 0. The van der Waals surface area contributed by atoms with Crippen LogP contribution in [0, 0.1) is 10.1 Å². The van der Waals surface area contributed by atoms with Crippen molar-refractivity contribution in [3.8, 4) is 0 Å². The van der Waals surface area contributed by atoms with E-state index < -0.39 is 0 Å². The first kappa shape index (κ1) is 13.7. The fourth-order valence-electron chi connectivity index (χ4n) is 2.00. The number of nitro groups is 1. The number of benzene rings is 1. The molecular formula is C14H16N2O2S. The summed E-state index contributed by atoms with van der Waals surface area (Å²) in [6, 6.07) is 11.2. The maximum absolute atomic E-state index is 10.8. The average Bonchev–Trinajstić information content (AvgIpc) is 2.92. The van der Waals surface area contributed by atoms with E-state index in [9.17, 15) is 10.1 Å². The van der Waals surface area contributed by atoms with Gasteiger partial charge in [-0.3, -0.25) is 10.1 Å². The van der Waals surface area contributed by atoms with Crippen molar-refractivity contribution in [3.63, 3.8) is 0 Å². The second kappa shape index (κ2) is 5.95. The Morgan fingerprint density at radius 1 is 1.21 bits per heavy atom. The maximum atomic E-state index is 10.8. The van der Waals surface area contributed by atoms with Gasteiger partial charge in [-0.1, -0.05) is 18.2 Å². The fourth-order valence-corrected chi connectivity index (χ4v) is 2.74. The van der Waals surface area contributed by atoms with Gasteiger partial charge >= 0.3 is 0 Å². The third-order valence-corrected chi connectivity index (χ3v) is 4.11. The Balaban J connectivity index is 2.09. The van der Waals surface area contributed by atoms with Gasteiger partial charge in [-0.15, -0.1) is 11.3 Å². The number of nitrogens with one attached hydrogen (secondary N) is 1. The molecular weight excluding hydrogens is 260 g/mol. The highest BCUT2D eigenvalue weighted by Gasteiger charge is 2.14. The van der Waals surface area contributed by atoms with E-state index >= 15 is 0 Å². The number of hydrogen-bond donors (Lipinski definition) is 1. The summed E-state index contributed by atoms with van der Waals surface area (Å²) >= 11 is 1.71. The normalized spacial score (nSPS) is 14.0. The Kier molecular flexibility index (Phi) is 4.29. The first-order valence-electron chi connectivity index (χ1n) is 6.11. The summed E-state index contributed by atoms with van der Waals surface area (Å²) in [6.45, 7) is 4.11. The molecule has 0 fully saturated rings. The highest BCUT2D eigenvalue weighted by atomic mass is 32.1. The number of non-ortho nitro benzene ring substituents is 1. The van der Waals surface area contributed by atoms with Crippen LogP contribution in [0.2, 0.25) is 0 Å². The molecule has 0 aliphatic carbocycles. The molecule has 2 rings (SSSR count). The van der Waals surface area contributed by atoms with E-state index in [2.05, 4.69) is 18.3 Å². The zero-order chi connectivity index (χ0) is 13.8. The third kappa shape index (κ3) is 3.39. The molecule has 2 atom stereocenters. The van der Waals surface area contributed by atoms with Crippen LogP contribution in [0.25, 0.3) is 0 Å². The number of thiophene rings is 1. The van der Waals surface area contributed by atoms with Crippen LogP contribution in [0.1, 0.15) is 36.4 Å². The van der Waals surface area contributed by atoms with Crippen molar-refractivity contribution < 1.29 is 4.92 Å². The minimum atomic E-state index is -0.362. The third-order valence-electron chi connectivity index (χ3n) is 3.05. The second-order valence-electron chi connectivity index (χ2n) is 4.48. The molecule has 5 heteroatoms. The molecule has 100 valence electrons. The number of nitrogens with zero attached hydrogens (tertiary/aromatic N) is 1. The molecule has 1 unspecified atom stereocenters. The Hall–Kier alpha value is -1.72. The van der Waals surface area contributed by atoms with E-state index in [1.165, 1.54) is 10.9 Å². The largest absolute Gasteiger partial charge is 0.303 e. The van der Waals surface area contributed by atoms with Gasteiger partial charge in [0.25, 0.3) is 5.69 Å². The van der Waals surface area contributed by atoms with Crippen molar-refractivity contribution in [3.05, 3.63) is 62.3 Å². The van der Waals surface area contributed by atoms with Gasteiger partial charge < -0.3 is 5.32 Å². The van der Waals surface area contributed by atoms with Gasteiger partial charge in [0.05, 0.1) is 4.92 Å². The zero-order valence-electron chi connectivity index (χ0n) is 10.9. The molecule has 4 nitrogen and oxygen atoms in total.